The number of nitrogens with one attached hydrogen (secondary N) is 1. The van der Waals surface area contributed by atoms with Crippen LogP contribution in [-0.2, 0) is 9.59 Å². The number of hydrogen-bond donors (Lipinski definition) is 2. The Kier molecular flexibility index (Phi) is 9.05. The monoisotopic (exact) mass is 622 g/mol. The van der Waals surface area contributed by atoms with E-state index in [1.54, 1.807) is 6.07 Å². The third-order valence-electron chi connectivity index (χ3n) is 6.39. The van der Waals surface area contributed by atoms with Crippen molar-refractivity contribution in [3.8, 4) is 11.5 Å². The summed E-state index contributed by atoms with van der Waals surface area (Å²) >= 11 is 3.64. The van der Waals surface area contributed by atoms with Crippen LogP contribution in [0.5, 0.6) is 11.5 Å². The Bertz CT molecular complexity index is 1130. The predicted octanol–water partition coefficient (Wildman–Crippen LogP) is 6.04. The second-order valence-electron chi connectivity index (χ2n) is 8.98. The molecule has 1 saturated carbocycles. The van der Waals surface area contributed by atoms with E-state index < -0.39 is 12.6 Å². The summed E-state index contributed by atoms with van der Waals surface area (Å²) in [5.41, 5.74) is 1.59. The van der Waals surface area contributed by atoms with Crippen molar-refractivity contribution in [3.05, 3.63) is 56.5 Å². The Hall–Kier alpha value is -2.40. The van der Waals surface area contributed by atoms with Crippen LogP contribution in [0.3, 0.4) is 0 Å². The van der Waals surface area contributed by atoms with E-state index in [9.17, 15) is 9.59 Å². The van der Waals surface area contributed by atoms with Crippen molar-refractivity contribution >= 4 is 58.0 Å². The fourth-order valence-corrected chi connectivity index (χ4v) is 6.72. The van der Waals surface area contributed by atoms with Gasteiger partial charge in [-0.05, 0) is 84.2 Å². The van der Waals surface area contributed by atoms with E-state index in [4.69, 9.17) is 14.6 Å². The van der Waals surface area contributed by atoms with E-state index in [-0.39, 0.29) is 17.4 Å². The number of carbonyl (C=O) groups excluding carboxylic acids is 1. The van der Waals surface area contributed by atoms with Gasteiger partial charge < -0.3 is 24.8 Å². The molecule has 192 valence electrons. The van der Waals surface area contributed by atoms with Crippen molar-refractivity contribution in [2.75, 3.05) is 18.5 Å². The first-order valence-corrected chi connectivity index (χ1v) is 14.2. The number of carboxylic acid groups (broad SMARTS) is 1. The quantitative estimate of drug-likeness (QED) is 0.260. The average molecular weight is 623 g/mol. The minimum absolute atomic E-state index is 0.0337. The van der Waals surface area contributed by atoms with Crippen LogP contribution in [-0.4, -0.2) is 46.6 Å². The van der Waals surface area contributed by atoms with Gasteiger partial charge in [0, 0.05) is 11.7 Å². The lowest BCUT2D eigenvalue weighted by molar-refractivity contribution is -0.139. The summed E-state index contributed by atoms with van der Waals surface area (Å²) in [7, 11) is 0. The molecule has 4 rings (SSSR count). The molecule has 3 atom stereocenters. The molecule has 2 N–H and O–H groups in total. The standard InChI is InChI=1S/C27H31IN2O5S/c1-3-34-22-14-18(13-20(28)25(22)35-16-24(31)32)15-23-26(33)30(21-12-8-7-9-17(21)2)27(36-23)29-19-10-5-4-6-11-19/h4-6,10-11,13-15,17,21,27,29H,3,7-9,12,16H2,1-2H3,(H,31,32)/b23-15-/t17-,21+,27?/m0/s1. The van der Waals surface area contributed by atoms with E-state index in [1.165, 1.54) is 18.2 Å². The van der Waals surface area contributed by atoms with Crippen molar-refractivity contribution < 1.29 is 24.2 Å². The number of halogens is 1. The van der Waals surface area contributed by atoms with Crippen molar-refractivity contribution in [2.24, 2.45) is 5.92 Å². The van der Waals surface area contributed by atoms with E-state index in [0.29, 0.717) is 28.9 Å². The van der Waals surface area contributed by atoms with Gasteiger partial charge in [-0.15, -0.1) is 0 Å². The number of ether oxygens (including phenoxy) is 2. The molecule has 1 amide bonds. The molecule has 1 aliphatic carbocycles. The average Bonchev–Trinajstić information content (AvgIpc) is 3.13. The minimum atomic E-state index is -1.05. The number of benzene rings is 2. The summed E-state index contributed by atoms with van der Waals surface area (Å²) in [5, 5.41) is 12.6. The fourth-order valence-electron chi connectivity index (χ4n) is 4.73. The maximum Gasteiger partial charge on any atom is 0.341 e. The van der Waals surface area contributed by atoms with Crippen LogP contribution in [0.1, 0.15) is 45.1 Å². The summed E-state index contributed by atoms with van der Waals surface area (Å²) < 4.78 is 11.9. The highest BCUT2D eigenvalue weighted by atomic mass is 127. The Morgan fingerprint density at radius 1 is 1.22 bits per heavy atom. The van der Waals surface area contributed by atoms with Gasteiger partial charge in [0.05, 0.1) is 15.1 Å². The number of amides is 1. The molecule has 1 heterocycles. The van der Waals surface area contributed by atoms with Crippen molar-refractivity contribution in [3.63, 3.8) is 0 Å². The van der Waals surface area contributed by atoms with Gasteiger partial charge in [-0.3, -0.25) is 4.79 Å². The second kappa shape index (κ2) is 12.2. The van der Waals surface area contributed by atoms with Gasteiger partial charge in [0.15, 0.2) is 23.6 Å². The highest BCUT2D eigenvalue weighted by Crippen LogP contribution is 2.43. The van der Waals surface area contributed by atoms with Crippen LogP contribution >= 0.6 is 34.4 Å². The zero-order valence-electron chi connectivity index (χ0n) is 20.4. The molecule has 0 aromatic heterocycles. The third-order valence-corrected chi connectivity index (χ3v) is 8.31. The normalized spacial score (nSPS) is 23.1. The molecule has 2 aliphatic rings. The van der Waals surface area contributed by atoms with Gasteiger partial charge in [0.2, 0.25) is 0 Å². The van der Waals surface area contributed by atoms with Gasteiger partial charge >= 0.3 is 5.97 Å². The Labute approximate surface area is 229 Å². The fraction of sp³-hybridized carbons (Fsp3) is 0.407. The van der Waals surface area contributed by atoms with E-state index in [2.05, 4.69) is 34.8 Å². The van der Waals surface area contributed by atoms with Crippen LogP contribution in [0.25, 0.3) is 6.08 Å². The number of para-hydroxylation sites is 1. The molecule has 0 bridgehead atoms. The van der Waals surface area contributed by atoms with Gasteiger partial charge in [-0.25, -0.2) is 4.79 Å². The topological polar surface area (TPSA) is 88.1 Å². The number of anilines is 1. The zero-order valence-corrected chi connectivity index (χ0v) is 23.4. The molecule has 7 nitrogen and oxygen atoms in total. The van der Waals surface area contributed by atoms with Crippen molar-refractivity contribution in [1.82, 2.24) is 4.90 Å². The number of carboxylic acids is 1. The van der Waals surface area contributed by atoms with E-state index in [0.717, 1.165) is 34.1 Å². The number of hydrogen-bond acceptors (Lipinski definition) is 6. The van der Waals surface area contributed by atoms with E-state index >= 15 is 0 Å². The lowest BCUT2D eigenvalue weighted by Gasteiger charge is -2.39. The number of carbonyl (C=O) groups is 2. The Morgan fingerprint density at radius 2 is 1.97 bits per heavy atom. The molecule has 0 spiro atoms. The Morgan fingerprint density at radius 3 is 2.67 bits per heavy atom. The largest absolute Gasteiger partial charge is 0.490 e. The molecule has 1 aliphatic heterocycles. The number of thioether (sulfide) groups is 1. The summed E-state index contributed by atoms with van der Waals surface area (Å²) in [6.07, 6.45) is 6.38. The van der Waals surface area contributed by atoms with Crippen LogP contribution in [0.4, 0.5) is 5.69 Å². The van der Waals surface area contributed by atoms with E-state index in [1.807, 2.05) is 54.3 Å². The summed E-state index contributed by atoms with van der Waals surface area (Å²) in [6, 6.07) is 13.9. The molecule has 9 heteroatoms. The highest BCUT2D eigenvalue weighted by molar-refractivity contribution is 14.1. The first-order valence-electron chi connectivity index (χ1n) is 12.2. The van der Waals surface area contributed by atoms with Gasteiger partial charge in [0.25, 0.3) is 5.91 Å². The molecule has 2 fully saturated rings. The maximum absolute atomic E-state index is 13.8. The molecular formula is C27H31IN2O5S. The molecule has 1 saturated heterocycles. The molecule has 2 aromatic carbocycles. The maximum atomic E-state index is 13.8. The number of rotatable bonds is 9. The predicted molar refractivity (Wildman–Crippen MR) is 151 cm³/mol. The van der Waals surface area contributed by atoms with Crippen molar-refractivity contribution in [1.29, 1.82) is 0 Å². The third kappa shape index (κ3) is 6.29. The van der Waals surface area contributed by atoms with Gasteiger partial charge in [0.1, 0.15) is 0 Å². The lowest BCUT2D eigenvalue weighted by Crippen LogP contribution is -2.48. The number of aliphatic carboxylic acids is 1. The van der Waals surface area contributed by atoms with Crippen molar-refractivity contribution in [2.45, 2.75) is 51.1 Å². The molecular weight excluding hydrogens is 591 g/mol. The summed E-state index contributed by atoms with van der Waals surface area (Å²) in [4.78, 5) is 27.5. The molecule has 0 radical (unpaired) electrons. The summed E-state index contributed by atoms with van der Waals surface area (Å²) in [5.74, 6) is 0.282. The SMILES string of the molecule is CCOc1cc(/C=C2\SC(Nc3ccccc3)N([C@@H]3CCCC[C@@H]3C)C2=O)cc(I)c1OCC(=O)O. The first kappa shape index (κ1) is 26.7. The van der Waals surface area contributed by atoms with Crippen LogP contribution in [0, 0.1) is 9.49 Å². The molecule has 1 unspecified atom stereocenters. The van der Waals surface area contributed by atoms with Gasteiger partial charge in [-0.1, -0.05) is 49.7 Å². The first-order chi connectivity index (χ1) is 17.4. The van der Waals surface area contributed by atoms with Crippen LogP contribution < -0.4 is 14.8 Å². The second-order valence-corrected chi connectivity index (χ2v) is 11.3. The smallest absolute Gasteiger partial charge is 0.341 e. The lowest BCUT2D eigenvalue weighted by atomic mass is 9.85. The minimum Gasteiger partial charge on any atom is -0.490 e. The van der Waals surface area contributed by atoms with Crippen LogP contribution in [0.15, 0.2) is 47.4 Å². The number of nitrogens with zero attached hydrogens (tertiary/aromatic N) is 1. The van der Waals surface area contributed by atoms with Gasteiger partial charge in [-0.2, -0.15) is 0 Å². The Balaban J connectivity index is 1.66. The summed E-state index contributed by atoms with van der Waals surface area (Å²) in [6.45, 7) is 4.06. The molecule has 2 aromatic rings. The van der Waals surface area contributed by atoms with Crippen LogP contribution in [0.2, 0.25) is 0 Å². The highest BCUT2D eigenvalue weighted by Gasteiger charge is 2.42. The zero-order chi connectivity index (χ0) is 25.7. The molecule has 36 heavy (non-hydrogen) atoms.